The minimum atomic E-state index is -0.0135. The molecule has 0 unspecified atom stereocenters. The van der Waals surface area contributed by atoms with Gasteiger partial charge in [0.15, 0.2) is 5.58 Å². The van der Waals surface area contributed by atoms with E-state index in [9.17, 15) is 0 Å². The number of nitrogens with zero attached hydrogens (tertiary/aromatic N) is 1. The van der Waals surface area contributed by atoms with Gasteiger partial charge in [-0.1, -0.05) is 222 Å². The Hall–Kier alpha value is -8.86. The van der Waals surface area contributed by atoms with E-state index in [-0.39, 0.29) is 6.71 Å². The lowest BCUT2D eigenvalue weighted by atomic mass is 9.35. The van der Waals surface area contributed by atoms with Gasteiger partial charge in [0.25, 0.3) is 0 Å². The maximum Gasteiger partial charge on any atom is 0.242 e. The molecule has 0 fully saturated rings. The van der Waals surface area contributed by atoms with Gasteiger partial charge in [-0.15, -0.1) is 0 Å². The van der Waals surface area contributed by atoms with Crippen LogP contribution in [0.2, 0.25) is 0 Å². The van der Waals surface area contributed by atoms with Crippen molar-refractivity contribution >= 4 is 105 Å². The fourth-order valence-electron chi connectivity index (χ4n) is 11.5. The normalized spacial score (nSPS) is 11.6. The van der Waals surface area contributed by atoms with Crippen LogP contribution in [0.25, 0.3) is 87.3 Å². The Labute approximate surface area is 413 Å². The Morgan fingerprint density at radius 2 is 1.00 bits per heavy atom. The molecule has 3 nitrogen and oxygen atoms in total. The molecule has 13 rings (SSSR count). The van der Waals surface area contributed by atoms with Crippen LogP contribution in [-0.2, 0) is 0 Å². The topological polar surface area (TPSA) is 25.6 Å². The zero-order chi connectivity index (χ0) is 47.6. The average molecular weight is 910 g/mol. The number of anilines is 3. The van der Waals surface area contributed by atoms with Crippen molar-refractivity contribution in [2.45, 2.75) is 13.8 Å². The molecule has 0 radical (unpaired) electrons. The maximum atomic E-state index is 6.76. The molecule has 0 N–H and O–H groups in total. The third-order valence-electron chi connectivity index (χ3n) is 14.5. The SMILES string of the molecule is COc1cc(N(c2ccccc2-c2ccccc2)c2cccc3c2oc2ccccc23)ccc1-c1cc2c3ccccc3c(B(c3cc(C)cc(C)c3)c3cccc4ccccc34)cc2c2ccccc12. The quantitative estimate of drug-likeness (QED) is 0.107. The minimum Gasteiger partial charge on any atom is -0.496 e. The van der Waals surface area contributed by atoms with Gasteiger partial charge in [0.1, 0.15) is 11.3 Å². The van der Waals surface area contributed by atoms with E-state index >= 15 is 0 Å². The average Bonchev–Trinajstić information content (AvgIpc) is 3.81. The fraction of sp³-hybridized carbons (Fsp3) is 0.0448. The second-order valence-corrected chi connectivity index (χ2v) is 18.9. The number of rotatable bonds is 9. The largest absolute Gasteiger partial charge is 0.496 e. The molecule has 13 aromatic rings. The summed E-state index contributed by atoms with van der Waals surface area (Å²) < 4.78 is 13.3. The second kappa shape index (κ2) is 17.3. The number of ether oxygens (including phenoxy) is 1. The lowest BCUT2D eigenvalue weighted by molar-refractivity contribution is 0.416. The van der Waals surface area contributed by atoms with E-state index in [0.29, 0.717) is 0 Å². The molecule has 0 atom stereocenters. The first kappa shape index (κ1) is 42.3. The smallest absolute Gasteiger partial charge is 0.242 e. The summed E-state index contributed by atoms with van der Waals surface area (Å²) in [4.78, 5) is 2.33. The van der Waals surface area contributed by atoms with Gasteiger partial charge in [0.2, 0.25) is 6.71 Å². The van der Waals surface area contributed by atoms with E-state index in [1.54, 1.807) is 7.11 Å². The Balaban J connectivity index is 1.04. The van der Waals surface area contributed by atoms with Crippen molar-refractivity contribution < 1.29 is 9.15 Å². The van der Waals surface area contributed by atoms with Gasteiger partial charge >= 0.3 is 0 Å². The zero-order valence-corrected chi connectivity index (χ0v) is 39.9. The Kier molecular flexibility index (Phi) is 10.3. The van der Waals surface area contributed by atoms with Crippen LogP contribution >= 0.6 is 0 Å². The lowest BCUT2D eigenvalue weighted by Gasteiger charge is -2.28. The van der Waals surface area contributed by atoms with Crippen LogP contribution in [-0.4, -0.2) is 13.8 Å². The number of hydrogen-bond acceptors (Lipinski definition) is 3. The third-order valence-corrected chi connectivity index (χ3v) is 14.5. The number of benzene rings is 12. The number of hydrogen-bond donors (Lipinski definition) is 0. The molecule has 0 saturated carbocycles. The molecule has 1 heterocycles. The third kappa shape index (κ3) is 7.13. The van der Waals surface area contributed by atoms with Crippen LogP contribution in [0, 0.1) is 13.8 Å². The summed E-state index contributed by atoms with van der Waals surface area (Å²) in [5, 5.41) is 11.9. The minimum absolute atomic E-state index is 0.0135. The number of furan rings is 1. The van der Waals surface area contributed by atoms with Crippen LogP contribution in [0.5, 0.6) is 5.75 Å². The van der Waals surface area contributed by atoms with Gasteiger partial charge in [0.05, 0.1) is 24.2 Å². The number of fused-ring (bicyclic) bond motifs is 9. The van der Waals surface area contributed by atoms with Gasteiger partial charge in [-0.3, -0.25) is 0 Å². The van der Waals surface area contributed by atoms with Crippen LogP contribution in [0.4, 0.5) is 17.1 Å². The monoisotopic (exact) mass is 909 g/mol. The van der Waals surface area contributed by atoms with Gasteiger partial charge in [-0.2, -0.15) is 0 Å². The molecular formula is C67H48BNO2. The first-order valence-electron chi connectivity index (χ1n) is 24.5. The highest BCUT2D eigenvalue weighted by molar-refractivity contribution is 6.98. The highest BCUT2D eigenvalue weighted by Crippen LogP contribution is 2.48. The predicted octanol–water partition coefficient (Wildman–Crippen LogP) is 16.1. The molecule has 4 heteroatoms. The van der Waals surface area contributed by atoms with Crippen molar-refractivity contribution in [3.8, 4) is 28.0 Å². The molecule has 1 aromatic heterocycles. The standard InChI is InChI=1S/C67H48BNO2/c1-43-37-44(2)39-47(38-43)68(61-31-17-22-45-21-7-8-23-49(45)61)62-42-60-52-26-10-9-25-51(52)58(41-59(60)53-27-11-12-28-54(53)62)56-36-35-48(40-66(56)70-3)69(63-32-15-13-24-50(63)46-19-5-4-6-20-46)64-33-18-30-57-55-29-14-16-34-65(55)71-67(57)64/h4-42H,1-3H3. The van der Waals surface area contributed by atoms with E-state index < -0.39 is 0 Å². The molecule has 0 spiro atoms. The molecule has 71 heavy (non-hydrogen) atoms. The van der Waals surface area contributed by atoms with Gasteiger partial charge in [-0.25, -0.2) is 0 Å². The van der Waals surface area contributed by atoms with E-state index in [2.05, 4.69) is 243 Å². The highest BCUT2D eigenvalue weighted by atomic mass is 16.5. The van der Waals surface area contributed by atoms with Crippen molar-refractivity contribution in [1.82, 2.24) is 0 Å². The van der Waals surface area contributed by atoms with Gasteiger partial charge < -0.3 is 14.1 Å². The molecule has 0 aliphatic rings. The first-order valence-corrected chi connectivity index (χ1v) is 24.5. The van der Waals surface area contributed by atoms with Gasteiger partial charge in [0, 0.05) is 28.0 Å². The Morgan fingerprint density at radius 1 is 0.394 bits per heavy atom. The van der Waals surface area contributed by atoms with Crippen molar-refractivity contribution in [2.75, 3.05) is 12.0 Å². The predicted molar refractivity (Wildman–Crippen MR) is 303 cm³/mol. The summed E-state index contributed by atoms with van der Waals surface area (Å²) in [6.45, 7) is 4.42. The van der Waals surface area contributed by atoms with E-state index in [1.807, 2.05) is 12.1 Å². The highest BCUT2D eigenvalue weighted by Gasteiger charge is 2.29. The summed E-state index contributed by atoms with van der Waals surface area (Å²) in [5.41, 5.74) is 15.4. The Bertz CT molecular complexity index is 4190. The van der Waals surface area contributed by atoms with E-state index in [0.717, 1.165) is 67.0 Å². The summed E-state index contributed by atoms with van der Waals surface area (Å²) in [6.07, 6.45) is 0. The van der Waals surface area contributed by atoms with Crippen molar-refractivity contribution in [1.29, 1.82) is 0 Å². The lowest BCUT2D eigenvalue weighted by Crippen LogP contribution is -2.52. The molecule has 0 bridgehead atoms. The van der Waals surface area contributed by atoms with Crippen LogP contribution in [0.3, 0.4) is 0 Å². The van der Waals surface area contributed by atoms with Crippen molar-refractivity contribution in [2.24, 2.45) is 0 Å². The van der Waals surface area contributed by atoms with Gasteiger partial charge in [-0.05, 0) is 104 Å². The van der Waals surface area contributed by atoms with Crippen molar-refractivity contribution in [3.63, 3.8) is 0 Å². The maximum absolute atomic E-state index is 6.76. The second-order valence-electron chi connectivity index (χ2n) is 18.9. The molecule has 0 amide bonds. The molecule has 12 aromatic carbocycles. The molecular weight excluding hydrogens is 862 g/mol. The van der Waals surface area contributed by atoms with Crippen LogP contribution in [0.1, 0.15) is 11.1 Å². The summed E-state index contributed by atoms with van der Waals surface area (Å²) in [7, 11) is 1.79. The number of para-hydroxylation sites is 3. The van der Waals surface area contributed by atoms with E-state index in [1.165, 1.54) is 70.6 Å². The number of methoxy groups -OCH3 is 1. The first-order chi connectivity index (χ1) is 35.0. The van der Waals surface area contributed by atoms with E-state index in [4.69, 9.17) is 9.15 Å². The van der Waals surface area contributed by atoms with Crippen LogP contribution < -0.4 is 26.0 Å². The van der Waals surface area contributed by atoms with Crippen molar-refractivity contribution in [3.05, 3.63) is 248 Å². The summed E-state index contributed by atoms with van der Waals surface area (Å²) >= 11 is 0. The Morgan fingerprint density at radius 3 is 1.80 bits per heavy atom. The zero-order valence-electron chi connectivity index (χ0n) is 39.9. The molecule has 0 saturated heterocycles. The summed E-state index contributed by atoms with van der Waals surface area (Å²) in [5.74, 6) is 0.776. The molecule has 336 valence electrons. The molecule has 0 aliphatic heterocycles. The molecule has 0 aliphatic carbocycles. The van der Waals surface area contributed by atoms with Crippen LogP contribution in [0.15, 0.2) is 241 Å². The summed E-state index contributed by atoms with van der Waals surface area (Å²) in [6, 6.07) is 86.1. The fourth-order valence-corrected chi connectivity index (χ4v) is 11.5. The number of aryl methyl sites for hydroxylation is 2.